The molecule has 0 fully saturated rings. The number of hydrogen-bond donors (Lipinski definition) is 1. The summed E-state index contributed by atoms with van der Waals surface area (Å²) in [5, 5.41) is 8.49. The second-order valence-corrected chi connectivity index (χ2v) is 6.22. The zero-order valence-electron chi connectivity index (χ0n) is 12.7. The first-order valence-electron chi connectivity index (χ1n) is 7.41. The van der Waals surface area contributed by atoms with Gasteiger partial charge in [-0.1, -0.05) is 47.5 Å². The Labute approximate surface area is 150 Å². The molecule has 0 spiro atoms. The number of nitrogens with one attached hydrogen (secondary N) is 1. The van der Waals surface area contributed by atoms with Crippen molar-refractivity contribution in [2.24, 2.45) is 0 Å². The average molecular weight is 360 g/mol. The normalized spacial score (nSPS) is 10.6. The van der Waals surface area contributed by atoms with Gasteiger partial charge in [-0.05, 0) is 35.4 Å². The van der Waals surface area contributed by atoms with Crippen molar-refractivity contribution < 1.29 is 4.79 Å². The highest BCUT2D eigenvalue weighted by atomic mass is 35.5. The fraction of sp³-hybridized carbons (Fsp3) is 0.111. The van der Waals surface area contributed by atoms with E-state index in [1.807, 2.05) is 36.4 Å². The molecular weight excluding hydrogens is 345 g/mol. The molecule has 0 radical (unpaired) electrons. The van der Waals surface area contributed by atoms with E-state index in [1.54, 1.807) is 29.1 Å². The van der Waals surface area contributed by atoms with E-state index in [9.17, 15) is 4.79 Å². The number of halogens is 2. The third-order valence-electron chi connectivity index (χ3n) is 3.51. The number of nitrogens with zero attached hydrogens (tertiary/aromatic N) is 2. The SMILES string of the molecule is O=C(Cc1ccc(Cl)cc1)Nc1ccnn1Cc1ccc(Cl)cc1. The van der Waals surface area contributed by atoms with E-state index in [4.69, 9.17) is 23.2 Å². The molecule has 1 amide bonds. The minimum absolute atomic E-state index is 0.102. The first-order chi connectivity index (χ1) is 11.6. The summed E-state index contributed by atoms with van der Waals surface area (Å²) in [6, 6.07) is 16.5. The molecule has 0 unspecified atom stereocenters. The van der Waals surface area contributed by atoms with Crippen LogP contribution in [-0.4, -0.2) is 15.7 Å². The molecule has 1 aromatic heterocycles. The largest absolute Gasteiger partial charge is 0.311 e. The van der Waals surface area contributed by atoms with Gasteiger partial charge < -0.3 is 5.32 Å². The maximum Gasteiger partial charge on any atom is 0.229 e. The van der Waals surface area contributed by atoms with Crippen LogP contribution < -0.4 is 5.32 Å². The molecule has 122 valence electrons. The summed E-state index contributed by atoms with van der Waals surface area (Å²) in [5.74, 6) is 0.555. The molecule has 3 aromatic rings. The van der Waals surface area contributed by atoms with E-state index in [2.05, 4.69) is 10.4 Å². The summed E-state index contributed by atoms with van der Waals surface area (Å²) < 4.78 is 1.74. The number of hydrogen-bond acceptors (Lipinski definition) is 2. The van der Waals surface area contributed by atoms with Crippen LogP contribution in [0.5, 0.6) is 0 Å². The summed E-state index contributed by atoms with van der Waals surface area (Å²) in [4.78, 5) is 12.2. The summed E-state index contributed by atoms with van der Waals surface area (Å²) in [6.45, 7) is 0.556. The molecular formula is C18H15Cl2N3O. The lowest BCUT2D eigenvalue weighted by Gasteiger charge is -2.09. The average Bonchev–Trinajstić information content (AvgIpc) is 2.98. The molecule has 4 nitrogen and oxygen atoms in total. The zero-order chi connectivity index (χ0) is 16.9. The Morgan fingerprint density at radius 2 is 1.50 bits per heavy atom. The van der Waals surface area contributed by atoms with Crippen molar-refractivity contribution >= 4 is 34.9 Å². The summed E-state index contributed by atoms with van der Waals surface area (Å²) in [6.07, 6.45) is 1.94. The number of rotatable bonds is 5. The second-order valence-electron chi connectivity index (χ2n) is 5.35. The van der Waals surface area contributed by atoms with Crippen LogP contribution in [-0.2, 0) is 17.8 Å². The molecule has 6 heteroatoms. The summed E-state index contributed by atoms with van der Waals surface area (Å²) >= 11 is 11.7. The van der Waals surface area contributed by atoms with Gasteiger partial charge in [0.15, 0.2) is 0 Å². The molecule has 1 N–H and O–H groups in total. The molecule has 0 bridgehead atoms. The Bertz CT molecular complexity index is 826. The van der Waals surface area contributed by atoms with Crippen LogP contribution in [0.25, 0.3) is 0 Å². The minimum Gasteiger partial charge on any atom is -0.311 e. The van der Waals surface area contributed by atoms with Gasteiger partial charge in [0.05, 0.1) is 19.2 Å². The van der Waals surface area contributed by atoms with E-state index in [1.165, 1.54) is 0 Å². The Hall–Kier alpha value is -2.30. The predicted molar refractivity (Wildman–Crippen MR) is 96.6 cm³/mol. The topological polar surface area (TPSA) is 46.9 Å². The van der Waals surface area contributed by atoms with Crippen molar-refractivity contribution in [3.63, 3.8) is 0 Å². The second kappa shape index (κ2) is 7.51. The van der Waals surface area contributed by atoms with Gasteiger partial charge in [-0.25, -0.2) is 4.68 Å². The number of amides is 1. The first kappa shape index (κ1) is 16.6. The van der Waals surface area contributed by atoms with E-state index in [0.29, 0.717) is 22.4 Å². The van der Waals surface area contributed by atoms with Crippen LogP contribution in [0, 0.1) is 0 Å². The van der Waals surface area contributed by atoms with Gasteiger partial charge in [-0.15, -0.1) is 0 Å². The quantitative estimate of drug-likeness (QED) is 0.732. The number of anilines is 1. The van der Waals surface area contributed by atoms with E-state index in [0.717, 1.165) is 11.1 Å². The minimum atomic E-state index is -0.102. The van der Waals surface area contributed by atoms with E-state index >= 15 is 0 Å². The number of carbonyl (C=O) groups is 1. The number of benzene rings is 2. The molecule has 0 aliphatic rings. The number of aromatic nitrogens is 2. The van der Waals surface area contributed by atoms with Crippen LogP contribution in [0.4, 0.5) is 5.82 Å². The van der Waals surface area contributed by atoms with E-state index in [-0.39, 0.29) is 12.3 Å². The van der Waals surface area contributed by atoms with Crippen LogP contribution in [0.15, 0.2) is 60.8 Å². The molecule has 0 aliphatic carbocycles. The maximum atomic E-state index is 12.2. The van der Waals surface area contributed by atoms with Gasteiger partial charge in [0.25, 0.3) is 0 Å². The molecule has 24 heavy (non-hydrogen) atoms. The molecule has 0 aliphatic heterocycles. The monoisotopic (exact) mass is 359 g/mol. The Morgan fingerprint density at radius 1 is 0.917 bits per heavy atom. The molecule has 1 heterocycles. The Balaban J connectivity index is 1.65. The highest BCUT2D eigenvalue weighted by molar-refractivity contribution is 6.30. The fourth-order valence-corrected chi connectivity index (χ4v) is 2.55. The highest BCUT2D eigenvalue weighted by Crippen LogP contribution is 2.14. The van der Waals surface area contributed by atoms with Gasteiger partial charge in [0.1, 0.15) is 5.82 Å². The van der Waals surface area contributed by atoms with Crippen LogP contribution in [0.3, 0.4) is 0 Å². The summed E-state index contributed by atoms with van der Waals surface area (Å²) in [7, 11) is 0. The van der Waals surface area contributed by atoms with Crippen molar-refractivity contribution in [1.29, 1.82) is 0 Å². The molecule has 0 atom stereocenters. The van der Waals surface area contributed by atoms with Crippen molar-refractivity contribution in [3.8, 4) is 0 Å². The van der Waals surface area contributed by atoms with E-state index < -0.39 is 0 Å². The lowest BCUT2D eigenvalue weighted by atomic mass is 10.1. The third-order valence-corrected chi connectivity index (χ3v) is 4.01. The Kier molecular flexibility index (Phi) is 5.18. The van der Waals surface area contributed by atoms with Crippen molar-refractivity contribution in [2.45, 2.75) is 13.0 Å². The lowest BCUT2D eigenvalue weighted by Crippen LogP contribution is -2.18. The molecule has 3 rings (SSSR count). The standard InChI is InChI=1S/C18H15Cl2N3O/c19-15-5-1-13(2-6-15)11-18(24)22-17-9-10-21-23(17)12-14-3-7-16(20)8-4-14/h1-10H,11-12H2,(H,22,24). The van der Waals surface area contributed by atoms with Crippen molar-refractivity contribution in [2.75, 3.05) is 5.32 Å². The lowest BCUT2D eigenvalue weighted by molar-refractivity contribution is -0.115. The third kappa shape index (κ3) is 4.37. The van der Waals surface area contributed by atoms with Crippen LogP contribution >= 0.6 is 23.2 Å². The molecule has 0 saturated heterocycles. The van der Waals surface area contributed by atoms with Gasteiger partial charge >= 0.3 is 0 Å². The zero-order valence-corrected chi connectivity index (χ0v) is 14.3. The number of carbonyl (C=O) groups excluding carboxylic acids is 1. The predicted octanol–water partition coefficient (Wildman–Crippen LogP) is 4.42. The maximum absolute atomic E-state index is 12.2. The first-order valence-corrected chi connectivity index (χ1v) is 8.16. The smallest absolute Gasteiger partial charge is 0.229 e. The fourth-order valence-electron chi connectivity index (χ4n) is 2.30. The van der Waals surface area contributed by atoms with Crippen LogP contribution in [0.2, 0.25) is 10.0 Å². The molecule has 0 saturated carbocycles. The van der Waals surface area contributed by atoms with Crippen molar-refractivity contribution in [3.05, 3.63) is 82.0 Å². The summed E-state index contributed by atoms with van der Waals surface area (Å²) in [5.41, 5.74) is 1.96. The Morgan fingerprint density at radius 3 is 2.12 bits per heavy atom. The molecule has 2 aromatic carbocycles. The van der Waals surface area contributed by atoms with Crippen LogP contribution in [0.1, 0.15) is 11.1 Å². The van der Waals surface area contributed by atoms with Crippen molar-refractivity contribution in [1.82, 2.24) is 9.78 Å². The van der Waals surface area contributed by atoms with Gasteiger partial charge in [0.2, 0.25) is 5.91 Å². The van der Waals surface area contributed by atoms with Gasteiger partial charge in [-0.2, -0.15) is 5.10 Å². The highest BCUT2D eigenvalue weighted by Gasteiger charge is 2.09. The van der Waals surface area contributed by atoms with Gasteiger partial charge in [-0.3, -0.25) is 4.79 Å². The van der Waals surface area contributed by atoms with Gasteiger partial charge in [0, 0.05) is 16.1 Å².